The molecule has 0 spiro atoms. The Balaban J connectivity index is 1.55. The molecule has 1 aromatic carbocycles. The van der Waals surface area contributed by atoms with E-state index in [0.29, 0.717) is 12.5 Å². The molecule has 1 unspecified atom stereocenters. The highest BCUT2D eigenvalue weighted by Crippen LogP contribution is 2.27. The highest BCUT2D eigenvalue weighted by molar-refractivity contribution is 9.10. The molecule has 3 rings (SSSR count). The maximum absolute atomic E-state index is 9.26. The minimum Gasteiger partial charge on any atom is -0.396 e. The zero-order valence-corrected chi connectivity index (χ0v) is 13.4. The molecule has 2 fully saturated rings. The summed E-state index contributed by atoms with van der Waals surface area (Å²) in [6.45, 7) is 4.90. The third-order valence-electron chi connectivity index (χ3n) is 4.73. The molecule has 20 heavy (non-hydrogen) atoms. The van der Waals surface area contributed by atoms with Crippen LogP contribution in [0.1, 0.15) is 19.3 Å². The van der Waals surface area contributed by atoms with Crippen molar-refractivity contribution in [3.05, 3.63) is 28.7 Å². The summed E-state index contributed by atoms with van der Waals surface area (Å²) in [5.41, 5.74) is 1.33. The van der Waals surface area contributed by atoms with E-state index in [9.17, 15) is 5.11 Å². The zero-order valence-electron chi connectivity index (χ0n) is 11.8. The number of piperidine rings is 1. The maximum atomic E-state index is 9.26. The number of nitrogens with zero attached hydrogens (tertiary/aromatic N) is 2. The van der Waals surface area contributed by atoms with Crippen molar-refractivity contribution >= 4 is 21.6 Å². The van der Waals surface area contributed by atoms with Crippen LogP contribution < -0.4 is 4.90 Å². The highest BCUT2D eigenvalue weighted by Gasteiger charge is 2.30. The van der Waals surface area contributed by atoms with Crippen LogP contribution in [0.15, 0.2) is 28.7 Å². The summed E-state index contributed by atoms with van der Waals surface area (Å²) < 4.78 is 1.16. The Morgan fingerprint density at radius 3 is 2.60 bits per heavy atom. The van der Waals surface area contributed by atoms with Crippen molar-refractivity contribution in [2.45, 2.75) is 25.3 Å². The zero-order chi connectivity index (χ0) is 13.9. The first-order valence-corrected chi connectivity index (χ1v) is 8.41. The molecule has 1 N–H and O–H groups in total. The molecule has 2 aliphatic rings. The molecule has 0 saturated carbocycles. The monoisotopic (exact) mass is 338 g/mol. The van der Waals surface area contributed by atoms with E-state index < -0.39 is 0 Å². The van der Waals surface area contributed by atoms with Crippen molar-refractivity contribution < 1.29 is 5.11 Å². The fourth-order valence-electron chi connectivity index (χ4n) is 3.51. The summed E-state index contributed by atoms with van der Waals surface area (Å²) in [6.07, 6.45) is 3.65. The summed E-state index contributed by atoms with van der Waals surface area (Å²) >= 11 is 3.55. The van der Waals surface area contributed by atoms with Gasteiger partial charge in [0.15, 0.2) is 0 Å². The van der Waals surface area contributed by atoms with Gasteiger partial charge >= 0.3 is 0 Å². The van der Waals surface area contributed by atoms with Gasteiger partial charge in [0, 0.05) is 42.4 Å². The standard InChI is InChI=1S/C16H23BrN2O/c17-14-2-1-3-16(10-14)18-8-5-15(6-9-18)19-7-4-13(11-19)12-20/h1-3,10,13,15,20H,4-9,11-12H2. The topological polar surface area (TPSA) is 26.7 Å². The summed E-state index contributed by atoms with van der Waals surface area (Å²) in [5.74, 6) is 0.512. The van der Waals surface area contributed by atoms with Crippen LogP contribution in [0.5, 0.6) is 0 Å². The number of aliphatic hydroxyl groups excluding tert-OH is 1. The van der Waals surface area contributed by atoms with Gasteiger partial charge in [-0.1, -0.05) is 22.0 Å². The van der Waals surface area contributed by atoms with E-state index in [0.717, 1.165) is 30.1 Å². The van der Waals surface area contributed by atoms with E-state index >= 15 is 0 Å². The van der Waals surface area contributed by atoms with E-state index in [1.165, 1.54) is 31.5 Å². The predicted molar refractivity (Wildman–Crippen MR) is 86.1 cm³/mol. The van der Waals surface area contributed by atoms with Crippen LogP contribution in [-0.2, 0) is 0 Å². The van der Waals surface area contributed by atoms with Gasteiger partial charge < -0.3 is 10.0 Å². The Morgan fingerprint density at radius 2 is 1.95 bits per heavy atom. The van der Waals surface area contributed by atoms with Crippen molar-refractivity contribution in [1.82, 2.24) is 4.90 Å². The van der Waals surface area contributed by atoms with Gasteiger partial charge in [0.25, 0.3) is 0 Å². The Morgan fingerprint density at radius 1 is 1.15 bits per heavy atom. The van der Waals surface area contributed by atoms with Gasteiger partial charge in [0.1, 0.15) is 0 Å². The Bertz CT molecular complexity index is 446. The Kier molecular flexibility index (Phi) is 4.64. The number of anilines is 1. The lowest BCUT2D eigenvalue weighted by Crippen LogP contribution is -2.44. The molecule has 1 atom stereocenters. The molecule has 3 nitrogen and oxygen atoms in total. The van der Waals surface area contributed by atoms with Crippen molar-refractivity contribution in [2.24, 2.45) is 5.92 Å². The quantitative estimate of drug-likeness (QED) is 0.917. The van der Waals surface area contributed by atoms with Gasteiger partial charge in [-0.05, 0) is 49.9 Å². The molecule has 4 heteroatoms. The second-order valence-electron chi connectivity index (χ2n) is 6.03. The van der Waals surface area contributed by atoms with Crippen LogP contribution >= 0.6 is 15.9 Å². The maximum Gasteiger partial charge on any atom is 0.0471 e. The summed E-state index contributed by atoms with van der Waals surface area (Å²) in [6, 6.07) is 9.31. The normalized spacial score (nSPS) is 25.3. The first kappa shape index (κ1) is 14.4. The molecule has 1 aromatic rings. The summed E-state index contributed by atoms with van der Waals surface area (Å²) in [5, 5.41) is 9.26. The van der Waals surface area contributed by atoms with Gasteiger partial charge in [-0.15, -0.1) is 0 Å². The SMILES string of the molecule is OCC1CCN(C2CCN(c3cccc(Br)c3)CC2)C1. The first-order valence-electron chi connectivity index (χ1n) is 7.61. The number of aliphatic hydroxyl groups is 1. The van der Waals surface area contributed by atoms with Crippen molar-refractivity contribution in [3.63, 3.8) is 0 Å². The molecule has 2 aliphatic heterocycles. The molecule has 0 aliphatic carbocycles. The summed E-state index contributed by atoms with van der Waals surface area (Å²) in [7, 11) is 0. The average molecular weight is 339 g/mol. The fourth-order valence-corrected chi connectivity index (χ4v) is 3.89. The fraction of sp³-hybridized carbons (Fsp3) is 0.625. The average Bonchev–Trinajstić information content (AvgIpc) is 2.96. The number of likely N-dealkylation sites (tertiary alicyclic amines) is 1. The van der Waals surface area contributed by atoms with Gasteiger partial charge in [-0.25, -0.2) is 0 Å². The first-order chi connectivity index (χ1) is 9.76. The van der Waals surface area contributed by atoms with Crippen LogP contribution in [0.4, 0.5) is 5.69 Å². The molecule has 2 heterocycles. The number of hydrogen-bond donors (Lipinski definition) is 1. The molecule has 0 radical (unpaired) electrons. The van der Waals surface area contributed by atoms with E-state index in [1.807, 2.05) is 0 Å². The molecule has 2 saturated heterocycles. The lowest BCUT2D eigenvalue weighted by Gasteiger charge is -2.38. The van der Waals surface area contributed by atoms with Crippen LogP contribution in [0.2, 0.25) is 0 Å². The van der Waals surface area contributed by atoms with E-state index in [4.69, 9.17) is 0 Å². The highest BCUT2D eigenvalue weighted by atomic mass is 79.9. The van der Waals surface area contributed by atoms with Gasteiger partial charge in [0.05, 0.1) is 0 Å². The van der Waals surface area contributed by atoms with E-state index in [2.05, 4.69) is 50.0 Å². The van der Waals surface area contributed by atoms with Crippen LogP contribution in [0.25, 0.3) is 0 Å². The number of halogens is 1. The van der Waals surface area contributed by atoms with Crippen molar-refractivity contribution in [1.29, 1.82) is 0 Å². The molecule has 110 valence electrons. The van der Waals surface area contributed by atoms with E-state index in [-0.39, 0.29) is 0 Å². The van der Waals surface area contributed by atoms with E-state index in [1.54, 1.807) is 0 Å². The van der Waals surface area contributed by atoms with Crippen molar-refractivity contribution in [2.75, 3.05) is 37.7 Å². The second-order valence-corrected chi connectivity index (χ2v) is 6.95. The minimum absolute atomic E-state index is 0.355. The Hall–Kier alpha value is -0.580. The summed E-state index contributed by atoms with van der Waals surface area (Å²) in [4.78, 5) is 5.08. The van der Waals surface area contributed by atoms with Gasteiger partial charge in [-0.3, -0.25) is 4.90 Å². The molecule has 0 aromatic heterocycles. The molecule has 0 amide bonds. The smallest absolute Gasteiger partial charge is 0.0471 e. The number of rotatable bonds is 3. The number of benzene rings is 1. The molecular weight excluding hydrogens is 316 g/mol. The largest absolute Gasteiger partial charge is 0.396 e. The lowest BCUT2D eigenvalue weighted by atomic mass is 10.0. The molecular formula is C16H23BrN2O. The third kappa shape index (κ3) is 3.18. The Labute approximate surface area is 129 Å². The van der Waals surface area contributed by atoms with Crippen LogP contribution in [0.3, 0.4) is 0 Å². The molecule has 0 bridgehead atoms. The second kappa shape index (κ2) is 6.46. The van der Waals surface area contributed by atoms with Crippen LogP contribution in [0, 0.1) is 5.92 Å². The van der Waals surface area contributed by atoms with Crippen molar-refractivity contribution in [3.8, 4) is 0 Å². The third-order valence-corrected chi connectivity index (χ3v) is 5.22. The lowest BCUT2D eigenvalue weighted by molar-refractivity contribution is 0.180. The predicted octanol–water partition coefficient (Wildman–Crippen LogP) is 2.73. The van der Waals surface area contributed by atoms with Gasteiger partial charge in [0.2, 0.25) is 0 Å². The van der Waals surface area contributed by atoms with Crippen LogP contribution in [-0.4, -0.2) is 48.8 Å². The minimum atomic E-state index is 0.355. The number of hydrogen-bond acceptors (Lipinski definition) is 3. The van der Waals surface area contributed by atoms with Gasteiger partial charge in [-0.2, -0.15) is 0 Å².